The molecule has 3 aliphatic heterocycles. The van der Waals surface area contributed by atoms with Gasteiger partial charge in [0.05, 0.1) is 5.92 Å². The number of likely N-dealkylation sites (tertiary alicyclic amines) is 1. The maximum absolute atomic E-state index is 12.1. The first-order valence-corrected chi connectivity index (χ1v) is 6.92. The van der Waals surface area contributed by atoms with Gasteiger partial charge in [0, 0.05) is 38.1 Å². The van der Waals surface area contributed by atoms with Crippen LogP contribution in [-0.2, 0) is 9.59 Å². The van der Waals surface area contributed by atoms with E-state index in [9.17, 15) is 9.59 Å². The normalized spacial score (nSPS) is 37.1. The van der Waals surface area contributed by atoms with Gasteiger partial charge in [0.25, 0.3) is 0 Å². The van der Waals surface area contributed by atoms with Crippen molar-refractivity contribution in [2.24, 2.45) is 5.92 Å². The minimum atomic E-state index is -0.143. The van der Waals surface area contributed by atoms with Gasteiger partial charge in [-0.2, -0.15) is 0 Å². The van der Waals surface area contributed by atoms with Gasteiger partial charge in [0.15, 0.2) is 0 Å². The van der Waals surface area contributed by atoms with E-state index in [2.05, 4.69) is 10.6 Å². The number of hydrogen-bond donors (Lipinski definition) is 2. The molecule has 3 heterocycles. The molecule has 0 aromatic heterocycles. The minimum Gasteiger partial charge on any atom is -0.353 e. The highest BCUT2D eigenvalue weighted by Crippen LogP contribution is 2.27. The van der Waals surface area contributed by atoms with Crippen LogP contribution in [0.5, 0.6) is 0 Å². The van der Waals surface area contributed by atoms with E-state index < -0.39 is 0 Å². The van der Waals surface area contributed by atoms with E-state index in [-0.39, 0.29) is 30.1 Å². The van der Waals surface area contributed by atoms with Crippen LogP contribution in [0, 0.1) is 5.92 Å². The first-order chi connectivity index (χ1) is 8.61. The van der Waals surface area contributed by atoms with Gasteiger partial charge in [0.1, 0.15) is 0 Å². The lowest BCUT2D eigenvalue weighted by molar-refractivity contribution is -0.128. The number of halogens is 1. The third-order valence-electron chi connectivity index (χ3n) is 4.53. The van der Waals surface area contributed by atoms with Gasteiger partial charge in [0.2, 0.25) is 11.8 Å². The summed E-state index contributed by atoms with van der Waals surface area (Å²) in [6.45, 7) is 0.572. The van der Waals surface area contributed by atoms with Crippen LogP contribution in [-0.4, -0.2) is 48.4 Å². The van der Waals surface area contributed by atoms with Gasteiger partial charge in [-0.1, -0.05) is 0 Å². The van der Waals surface area contributed by atoms with Crippen molar-refractivity contribution in [2.45, 2.75) is 50.2 Å². The molecular weight excluding hydrogens is 266 g/mol. The molecular formula is C13H22ClN3O2. The largest absolute Gasteiger partial charge is 0.353 e. The summed E-state index contributed by atoms with van der Waals surface area (Å²) in [7, 11) is 1.76. The molecule has 3 saturated heterocycles. The number of carbonyl (C=O) groups excluding carboxylic acids is 2. The van der Waals surface area contributed by atoms with Crippen molar-refractivity contribution in [3.63, 3.8) is 0 Å². The van der Waals surface area contributed by atoms with Crippen LogP contribution in [0.3, 0.4) is 0 Å². The summed E-state index contributed by atoms with van der Waals surface area (Å²) in [6.07, 6.45) is 4.93. The summed E-state index contributed by atoms with van der Waals surface area (Å²) in [6, 6.07) is 1.47. The van der Waals surface area contributed by atoms with Crippen molar-refractivity contribution in [1.82, 2.24) is 15.5 Å². The molecule has 3 unspecified atom stereocenters. The average Bonchev–Trinajstić information content (AvgIpc) is 2.83. The highest BCUT2D eigenvalue weighted by molar-refractivity contribution is 5.89. The zero-order valence-electron chi connectivity index (χ0n) is 11.2. The molecule has 2 bridgehead atoms. The Morgan fingerprint density at radius 2 is 1.95 bits per heavy atom. The van der Waals surface area contributed by atoms with Crippen molar-refractivity contribution < 1.29 is 9.59 Å². The van der Waals surface area contributed by atoms with Gasteiger partial charge in [-0.3, -0.25) is 9.59 Å². The molecule has 19 heavy (non-hydrogen) atoms. The molecule has 0 saturated carbocycles. The number of nitrogens with one attached hydrogen (secondary N) is 2. The number of carbonyl (C=O) groups is 2. The Morgan fingerprint density at radius 1 is 1.32 bits per heavy atom. The summed E-state index contributed by atoms with van der Waals surface area (Å²) in [4.78, 5) is 25.2. The van der Waals surface area contributed by atoms with Gasteiger partial charge in [-0.15, -0.1) is 12.4 Å². The van der Waals surface area contributed by atoms with E-state index in [4.69, 9.17) is 0 Å². The Morgan fingerprint density at radius 3 is 2.47 bits per heavy atom. The molecule has 3 aliphatic rings. The predicted octanol–water partition coefficient (Wildman–Crippen LogP) is 0.286. The standard InChI is InChI=1S/C13H21N3O2.ClH/c1-16-7-8(4-12(16)17)13(18)15-11-5-9-2-3-10(6-11)14-9;/h8-11,14H,2-7H2,1H3,(H,15,18);1H. The number of hydrogen-bond acceptors (Lipinski definition) is 3. The van der Waals surface area contributed by atoms with Crippen molar-refractivity contribution in [3.05, 3.63) is 0 Å². The van der Waals surface area contributed by atoms with Crippen molar-refractivity contribution >= 4 is 24.2 Å². The number of nitrogens with zero attached hydrogens (tertiary/aromatic N) is 1. The second kappa shape index (κ2) is 5.67. The Hall–Kier alpha value is -0.810. The molecule has 2 N–H and O–H groups in total. The van der Waals surface area contributed by atoms with Gasteiger partial charge in [-0.05, 0) is 25.7 Å². The van der Waals surface area contributed by atoms with Gasteiger partial charge in [-0.25, -0.2) is 0 Å². The van der Waals surface area contributed by atoms with E-state index >= 15 is 0 Å². The highest BCUT2D eigenvalue weighted by Gasteiger charge is 2.37. The van der Waals surface area contributed by atoms with Gasteiger partial charge < -0.3 is 15.5 Å². The fourth-order valence-corrected chi connectivity index (χ4v) is 3.53. The topological polar surface area (TPSA) is 61.4 Å². The fourth-order valence-electron chi connectivity index (χ4n) is 3.53. The summed E-state index contributed by atoms with van der Waals surface area (Å²) in [5.74, 6) is 0.00886. The van der Waals surface area contributed by atoms with Crippen LogP contribution in [0.2, 0.25) is 0 Å². The number of piperidine rings is 1. The summed E-state index contributed by atoms with van der Waals surface area (Å²) in [5.41, 5.74) is 0. The third-order valence-corrected chi connectivity index (χ3v) is 4.53. The van der Waals surface area contributed by atoms with E-state index in [1.165, 1.54) is 12.8 Å². The Bertz CT molecular complexity index is 365. The lowest BCUT2D eigenvalue weighted by atomic mass is 9.98. The van der Waals surface area contributed by atoms with Crippen LogP contribution in [0.25, 0.3) is 0 Å². The molecule has 3 atom stereocenters. The average molecular weight is 288 g/mol. The molecule has 0 aromatic rings. The lowest BCUT2D eigenvalue weighted by Crippen LogP contribution is -2.49. The maximum Gasteiger partial charge on any atom is 0.225 e. The van der Waals surface area contributed by atoms with E-state index in [0.717, 1.165) is 12.8 Å². The number of fused-ring (bicyclic) bond motifs is 2. The molecule has 3 rings (SSSR count). The van der Waals surface area contributed by atoms with Crippen molar-refractivity contribution in [2.75, 3.05) is 13.6 Å². The number of amides is 2. The Labute approximate surface area is 119 Å². The molecule has 5 nitrogen and oxygen atoms in total. The van der Waals surface area contributed by atoms with Crippen LogP contribution < -0.4 is 10.6 Å². The maximum atomic E-state index is 12.1. The second-order valence-corrected chi connectivity index (χ2v) is 5.99. The molecule has 3 fully saturated rings. The molecule has 6 heteroatoms. The Balaban J connectivity index is 0.00000133. The summed E-state index contributed by atoms with van der Waals surface area (Å²) < 4.78 is 0. The zero-order valence-corrected chi connectivity index (χ0v) is 12.0. The molecule has 2 amide bonds. The predicted molar refractivity (Wildman–Crippen MR) is 74.1 cm³/mol. The SMILES string of the molecule is CN1CC(C(=O)NC2CC3CCC(C2)N3)CC1=O.Cl. The zero-order chi connectivity index (χ0) is 12.7. The molecule has 108 valence electrons. The fraction of sp³-hybridized carbons (Fsp3) is 0.846. The molecule has 0 radical (unpaired) electrons. The van der Waals surface area contributed by atoms with Crippen LogP contribution in [0.15, 0.2) is 0 Å². The monoisotopic (exact) mass is 287 g/mol. The van der Waals surface area contributed by atoms with E-state index in [0.29, 0.717) is 31.1 Å². The minimum absolute atomic E-state index is 0. The molecule has 0 aromatic carbocycles. The molecule has 0 spiro atoms. The number of rotatable bonds is 2. The summed E-state index contributed by atoms with van der Waals surface area (Å²) in [5, 5.41) is 6.71. The second-order valence-electron chi connectivity index (χ2n) is 5.99. The smallest absolute Gasteiger partial charge is 0.225 e. The Kier molecular flexibility index (Phi) is 4.36. The van der Waals surface area contributed by atoms with Crippen molar-refractivity contribution in [3.8, 4) is 0 Å². The lowest BCUT2D eigenvalue weighted by Gasteiger charge is -2.30. The highest BCUT2D eigenvalue weighted by atomic mass is 35.5. The van der Waals surface area contributed by atoms with Crippen LogP contribution in [0.4, 0.5) is 0 Å². The third kappa shape index (κ3) is 3.03. The summed E-state index contributed by atoms with van der Waals surface area (Å²) >= 11 is 0. The van der Waals surface area contributed by atoms with Crippen LogP contribution >= 0.6 is 12.4 Å². The quantitative estimate of drug-likeness (QED) is 0.767. The van der Waals surface area contributed by atoms with Crippen LogP contribution in [0.1, 0.15) is 32.1 Å². The van der Waals surface area contributed by atoms with Crippen molar-refractivity contribution in [1.29, 1.82) is 0 Å². The molecule has 0 aliphatic carbocycles. The van der Waals surface area contributed by atoms with Gasteiger partial charge >= 0.3 is 0 Å². The van der Waals surface area contributed by atoms with E-state index in [1.807, 2.05) is 0 Å². The first-order valence-electron chi connectivity index (χ1n) is 6.92. The van der Waals surface area contributed by atoms with E-state index in [1.54, 1.807) is 11.9 Å². The first kappa shape index (κ1) is 14.6.